The summed E-state index contributed by atoms with van der Waals surface area (Å²) in [6.07, 6.45) is 1.62. The molecule has 1 aliphatic rings. The summed E-state index contributed by atoms with van der Waals surface area (Å²) >= 11 is 0. The zero-order valence-electron chi connectivity index (χ0n) is 12.9. The standard InChI is InChI=1S/C15H24N2O3S/c1-11-4-5-14(20-3)15(10-11)21(18,19)17-8-6-13(7-9-17)12(2)16/h4-5,10,12-13H,6-9,16H2,1-3H3. The van der Waals surface area contributed by atoms with E-state index in [1.54, 1.807) is 16.4 Å². The number of nitrogens with two attached hydrogens (primary N) is 1. The van der Waals surface area contributed by atoms with Crippen LogP contribution < -0.4 is 10.5 Å². The Bertz CT molecular complexity index is 591. The van der Waals surface area contributed by atoms with Gasteiger partial charge in [-0.05, 0) is 50.3 Å². The molecule has 118 valence electrons. The highest BCUT2D eigenvalue weighted by Crippen LogP contribution is 2.30. The third kappa shape index (κ3) is 3.39. The Balaban J connectivity index is 2.25. The highest BCUT2D eigenvalue weighted by atomic mass is 32.2. The molecule has 1 aromatic carbocycles. The van der Waals surface area contributed by atoms with Crippen LogP contribution in [0.5, 0.6) is 5.75 Å². The summed E-state index contributed by atoms with van der Waals surface area (Å²) in [7, 11) is -2.02. The van der Waals surface area contributed by atoms with Crippen molar-refractivity contribution in [3.8, 4) is 5.75 Å². The first-order chi connectivity index (χ1) is 9.86. The maximum absolute atomic E-state index is 12.8. The minimum Gasteiger partial charge on any atom is -0.495 e. The minimum absolute atomic E-state index is 0.114. The molecule has 0 radical (unpaired) electrons. The van der Waals surface area contributed by atoms with E-state index < -0.39 is 10.0 Å². The number of ether oxygens (including phenoxy) is 1. The summed E-state index contributed by atoms with van der Waals surface area (Å²) in [6, 6.07) is 5.34. The molecule has 0 bridgehead atoms. The van der Waals surface area contributed by atoms with Crippen molar-refractivity contribution in [3.05, 3.63) is 23.8 Å². The van der Waals surface area contributed by atoms with Crippen LogP contribution in [0.1, 0.15) is 25.3 Å². The summed E-state index contributed by atoms with van der Waals surface area (Å²) in [5.74, 6) is 0.797. The molecule has 1 aromatic rings. The van der Waals surface area contributed by atoms with Crippen molar-refractivity contribution in [3.63, 3.8) is 0 Å². The lowest BCUT2D eigenvalue weighted by molar-refractivity contribution is 0.250. The molecule has 0 spiro atoms. The van der Waals surface area contributed by atoms with Crippen molar-refractivity contribution >= 4 is 10.0 Å². The number of sulfonamides is 1. The van der Waals surface area contributed by atoms with Crippen molar-refractivity contribution in [2.75, 3.05) is 20.2 Å². The average Bonchev–Trinajstić information content (AvgIpc) is 2.47. The largest absolute Gasteiger partial charge is 0.495 e. The van der Waals surface area contributed by atoms with Gasteiger partial charge in [-0.2, -0.15) is 4.31 Å². The van der Waals surface area contributed by atoms with E-state index >= 15 is 0 Å². The van der Waals surface area contributed by atoms with Crippen LogP contribution in [-0.4, -0.2) is 39.0 Å². The van der Waals surface area contributed by atoms with Gasteiger partial charge in [-0.3, -0.25) is 0 Å². The van der Waals surface area contributed by atoms with E-state index in [9.17, 15) is 8.42 Å². The molecule has 21 heavy (non-hydrogen) atoms. The van der Waals surface area contributed by atoms with Crippen LogP contribution in [-0.2, 0) is 10.0 Å². The van der Waals surface area contributed by atoms with Crippen LogP contribution in [0.3, 0.4) is 0 Å². The molecule has 1 heterocycles. The fourth-order valence-electron chi connectivity index (χ4n) is 2.77. The van der Waals surface area contributed by atoms with E-state index in [0.717, 1.165) is 18.4 Å². The highest BCUT2D eigenvalue weighted by molar-refractivity contribution is 7.89. The van der Waals surface area contributed by atoms with Gasteiger partial charge in [-0.1, -0.05) is 6.07 Å². The molecule has 2 N–H and O–H groups in total. The number of aryl methyl sites for hydroxylation is 1. The molecule has 2 rings (SSSR count). The Morgan fingerprint density at radius 3 is 2.48 bits per heavy atom. The average molecular weight is 312 g/mol. The Labute approximate surface area is 127 Å². The van der Waals surface area contributed by atoms with Crippen LogP contribution in [0.15, 0.2) is 23.1 Å². The maximum atomic E-state index is 12.8. The summed E-state index contributed by atoms with van der Waals surface area (Å²) in [5.41, 5.74) is 6.81. The lowest BCUT2D eigenvalue weighted by Gasteiger charge is -2.33. The van der Waals surface area contributed by atoms with Gasteiger partial charge in [-0.15, -0.1) is 0 Å². The molecule has 0 amide bonds. The van der Waals surface area contributed by atoms with Gasteiger partial charge in [0, 0.05) is 19.1 Å². The Kier molecular flexibility index (Phi) is 4.91. The molecule has 1 fully saturated rings. The fourth-order valence-corrected chi connectivity index (χ4v) is 4.48. The monoisotopic (exact) mass is 312 g/mol. The molecule has 1 atom stereocenters. The normalized spacial score (nSPS) is 19.4. The van der Waals surface area contributed by atoms with Crippen LogP contribution >= 0.6 is 0 Å². The van der Waals surface area contributed by atoms with Crippen LogP contribution in [0.25, 0.3) is 0 Å². The molecule has 1 aliphatic heterocycles. The van der Waals surface area contributed by atoms with E-state index in [2.05, 4.69) is 0 Å². The SMILES string of the molecule is COc1ccc(C)cc1S(=O)(=O)N1CCC(C(C)N)CC1. The summed E-state index contributed by atoms with van der Waals surface area (Å²) < 4.78 is 32.4. The quantitative estimate of drug-likeness (QED) is 0.919. The molecule has 6 heteroatoms. The number of piperidine rings is 1. The summed E-state index contributed by atoms with van der Waals surface area (Å²) in [4.78, 5) is 0.254. The molecule has 5 nitrogen and oxygen atoms in total. The van der Waals surface area contributed by atoms with Gasteiger partial charge in [0.25, 0.3) is 0 Å². The molecular weight excluding hydrogens is 288 g/mol. The second-order valence-electron chi connectivity index (χ2n) is 5.75. The number of nitrogens with zero attached hydrogens (tertiary/aromatic N) is 1. The predicted octanol–water partition coefficient (Wildman–Crippen LogP) is 1.75. The number of methoxy groups -OCH3 is 1. The fraction of sp³-hybridized carbons (Fsp3) is 0.600. The van der Waals surface area contributed by atoms with E-state index in [-0.39, 0.29) is 10.9 Å². The number of rotatable bonds is 4. The Morgan fingerprint density at radius 1 is 1.33 bits per heavy atom. The third-order valence-electron chi connectivity index (χ3n) is 4.18. The molecule has 0 aromatic heterocycles. The van der Waals surface area contributed by atoms with Crippen LogP contribution in [0.2, 0.25) is 0 Å². The zero-order chi connectivity index (χ0) is 15.6. The summed E-state index contributed by atoms with van der Waals surface area (Å²) in [5, 5.41) is 0. The Hall–Kier alpha value is -1.11. The maximum Gasteiger partial charge on any atom is 0.246 e. The van der Waals surface area contributed by atoms with Gasteiger partial charge in [0.2, 0.25) is 10.0 Å². The van der Waals surface area contributed by atoms with Gasteiger partial charge in [0.15, 0.2) is 0 Å². The van der Waals surface area contributed by atoms with Crippen molar-refractivity contribution < 1.29 is 13.2 Å². The Morgan fingerprint density at radius 2 is 1.95 bits per heavy atom. The van der Waals surface area contributed by atoms with E-state index in [4.69, 9.17) is 10.5 Å². The van der Waals surface area contributed by atoms with E-state index in [1.807, 2.05) is 19.9 Å². The predicted molar refractivity (Wildman–Crippen MR) is 82.9 cm³/mol. The molecule has 0 saturated carbocycles. The van der Waals surface area contributed by atoms with Gasteiger partial charge in [0.05, 0.1) is 7.11 Å². The molecule has 1 unspecified atom stereocenters. The van der Waals surface area contributed by atoms with Crippen LogP contribution in [0.4, 0.5) is 0 Å². The van der Waals surface area contributed by atoms with Crippen molar-refractivity contribution in [1.29, 1.82) is 0 Å². The molecular formula is C15H24N2O3S. The number of hydrogen-bond donors (Lipinski definition) is 1. The van der Waals surface area contributed by atoms with Gasteiger partial charge >= 0.3 is 0 Å². The topological polar surface area (TPSA) is 72.6 Å². The minimum atomic E-state index is -3.51. The molecule has 0 aliphatic carbocycles. The second kappa shape index (κ2) is 6.34. The van der Waals surface area contributed by atoms with Crippen LogP contribution in [0, 0.1) is 12.8 Å². The van der Waals surface area contributed by atoms with Crippen molar-refractivity contribution in [2.45, 2.75) is 37.6 Å². The zero-order valence-corrected chi connectivity index (χ0v) is 13.7. The first-order valence-corrected chi connectivity index (χ1v) is 8.70. The number of benzene rings is 1. The van der Waals surface area contributed by atoms with Gasteiger partial charge < -0.3 is 10.5 Å². The van der Waals surface area contributed by atoms with Gasteiger partial charge in [-0.25, -0.2) is 8.42 Å². The lowest BCUT2D eigenvalue weighted by Crippen LogP contribution is -2.42. The van der Waals surface area contributed by atoms with Gasteiger partial charge in [0.1, 0.15) is 10.6 Å². The van der Waals surface area contributed by atoms with Crippen molar-refractivity contribution in [2.24, 2.45) is 11.7 Å². The third-order valence-corrected chi connectivity index (χ3v) is 6.10. The summed E-state index contributed by atoms with van der Waals surface area (Å²) in [6.45, 7) is 4.90. The highest BCUT2D eigenvalue weighted by Gasteiger charge is 2.32. The first kappa shape index (κ1) is 16.3. The number of hydrogen-bond acceptors (Lipinski definition) is 4. The smallest absolute Gasteiger partial charge is 0.246 e. The van der Waals surface area contributed by atoms with E-state index in [1.165, 1.54) is 7.11 Å². The van der Waals surface area contributed by atoms with Crippen molar-refractivity contribution in [1.82, 2.24) is 4.31 Å². The van der Waals surface area contributed by atoms with E-state index in [0.29, 0.717) is 24.8 Å². The molecule has 1 saturated heterocycles. The lowest BCUT2D eigenvalue weighted by atomic mass is 9.92. The first-order valence-electron chi connectivity index (χ1n) is 7.26. The second-order valence-corrected chi connectivity index (χ2v) is 7.66.